The van der Waals surface area contributed by atoms with Gasteiger partial charge in [0.15, 0.2) is 0 Å². The molecular formula is C14H13Cl2IN2S. The van der Waals surface area contributed by atoms with Crippen LogP contribution in [-0.4, -0.2) is 9.97 Å². The Balaban J connectivity index is 2.16. The fourth-order valence-corrected chi connectivity index (χ4v) is 3.49. The molecule has 0 atom stereocenters. The summed E-state index contributed by atoms with van der Waals surface area (Å²) in [6.07, 6.45) is 1.96. The maximum absolute atomic E-state index is 6.17. The van der Waals surface area contributed by atoms with Crippen molar-refractivity contribution in [3.8, 4) is 0 Å². The second kappa shape index (κ2) is 7.82. The molecule has 1 aromatic heterocycles. The summed E-state index contributed by atoms with van der Waals surface area (Å²) < 4.78 is 0.956. The Kier molecular flexibility index (Phi) is 6.39. The van der Waals surface area contributed by atoms with Crippen molar-refractivity contribution in [3.05, 3.63) is 49.5 Å². The number of thioether (sulfide) groups is 1. The maximum atomic E-state index is 6.17. The lowest BCUT2D eigenvalue weighted by atomic mass is 10.2. The van der Waals surface area contributed by atoms with E-state index in [0.717, 1.165) is 37.8 Å². The average Bonchev–Trinajstić information content (AvgIpc) is 2.43. The van der Waals surface area contributed by atoms with Crippen molar-refractivity contribution in [2.75, 3.05) is 0 Å². The van der Waals surface area contributed by atoms with E-state index in [-0.39, 0.29) is 0 Å². The van der Waals surface area contributed by atoms with E-state index < -0.39 is 0 Å². The van der Waals surface area contributed by atoms with E-state index in [0.29, 0.717) is 10.9 Å². The molecule has 20 heavy (non-hydrogen) atoms. The van der Waals surface area contributed by atoms with Gasteiger partial charge < -0.3 is 0 Å². The van der Waals surface area contributed by atoms with Gasteiger partial charge >= 0.3 is 0 Å². The number of aromatic nitrogens is 2. The van der Waals surface area contributed by atoms with Gasteiger partial charge in [-0.2, -0.15) is 0 Å². The highest BCUT2D eigenvalue weighted by Crippen LogP contribution is 2.29. The summed E-state index contributed by atoms with van der Waals surface area (Å²) >= 11 is 16.1. The monoisotopic (exact) mass is 438 g/mol. The van der Waals surface area contributed by atoms with Gasteiger partial charge in [-0.05, 0) is 41.1 Å². The molecule has 1 heterocycles. The van der Waals surface area contributed by atoms with Gasteiger partial charge in [-0.15, -0.1) is 11.8 Å². The van der Waals surface area contributed by atoms with Crippen molar-refractivity contribution in [1.29, 1.82) is 0 Å². The van der Waals surface area contributed by atoms with Gasteiger partial charge in [-0.25, -0.2) is 9.97 Å². The summed E-state index contributed by atoms with van der Waals surface area (Å²) in [6, 6.07) is 7.77. The van der Waals surface area contributed by atoms with Crippen LogP contribution in [0.25, 0.3) is 0 Å². The Morgan fingerprint density at radius 1 is 1.20 bits per heavy atom. The molecule has 0 fully saturated rings. The summed E-state index contributed by atoms with van der Waals surface area (Å²) in [4.78, 5) is 9.98. The van der Waals surface area contributed by atoms with Crippen molar-refractivity contribution in [2.24, 2.45) is 0 Å². The minimum atomic E-state index is 0.541. The molecule has 0 radical (unpaired) electrons. The lowest BCUT2D eigenvalue weighted by molar-refractivity contribution is 0.845. The third-order valence-corrected chi connectivity index (χ3v) is 5.84. The zero-order valence-corrected chi connectivity index (χ0v) is 15.4. The molecule has 0 spiro atoms. The first-order chi connectivity index (χ1) is 9.61. The molecular weight excluding hydrogens is 426 g/mol. The number of hydrogen-bond donors (Lipinski definition) is 0. The Bertz CT molecular complexity index is 608. The van der Waals surface area contributed by atoms with E-state index in [4.69, 9.17) is 23.2 Å². The fourth-order valence-electron chi connectivity index (χ4n) is 1.68. The largest absolute Gasteiger partial charge is 0.236 e. The zero-order valence-electron chi connectivity index (χ0n) is 10.9. The Hall–Kier alpha value is -0.0400. The molecule has 2 nitrogen and oxygen atoms in total. The molecule has 0 aliphatic carbocycles. The number of aryl methyl sites for hydroxylation is 1. The van der Waals surface area contributed by atoms with Crippen molar-refractivity contribution in [1.82, 2.24) is 9.97 Å². The third-order valence-electron chi connectivity index (χ3n) is 2.61. The molecule has 2 rings (SSSR count). The molecule has 0 bridgehead atoms. The molecule has 0 unspecified atom stereocenters. The maximum Gasteiger partial charge on any atom is 0.146 e. The number of benzene rings is 1. The number of halogens is 3. The Morgan fingerprint density at radius 2 is 1.95 bits per heavy atom. The molecule has 1 aromatic carbocycles. The van der Waals surface area contributed by atoms with Gasteiger partial charge in [0.05, 0.1) is 20.0 Å². The predicted octanol–water partition coefficient (Wildman–Crippen LogP) is 5.63. The first kappa shape index (κ1) is 16.3. The average molecular weight is 439 g/mol. The van der Waals surface area contributed by atoms with Gasteiger partial charge in [-0.3, -0.25) is 0 Å². The minimum Gasteiger partial charge on any atom is -0.236 e. The fraction of sp³-hybridized carbons (Fsp3) is 0.286. The molecule has 0 N–H and O–H groups in total. The topological polar surface area (TPSA) is 25.8 Å². The van der Waals surface area contributed by atoms with Crippen molar-refractivity contribution in [2.45, 2.75) is 30.4 Å². The highest BCUT2D eigenvalue weighted by Gasteiger charge is 2.11. The number of nitrogens with zero attached hydrogens (tertiary/aromatic N) is 2. The summed E-state index contributed by atoms with van der Waals surface area (Å²) in [5, 5.41) is 1.29. The summed E-state index contributed by atoms with van der Waals surface area (Å²) in [7, 11) is 0. The normalized spacial score (nSPS) is 10.8. The second-order valence-electron chi connectivity index (χ2n) is 4.16. The molecule has 6 heteroatoms. The molecule has 0 amide bonds. The van der Waals surface area contributed by atoms with Crippen LogP contribution in [0.5, 0.6) is 0 Å². The van der Waals surface area contributed by atoms with Crippen LogP contribution in [0.2, 0.25) is 10.2 Å². The smallest absolute Gasteiger partial charge is 0.146 e. The SMILES string of the molecule is CCCc1nc(CSc2ccccc2Cl)nc(Cl)c1I. The van der Waals surface area contributed by atoms with E-state index in [9.17, 15) is 0 Å². The standard InChI is InChI=1S/C14H13Cl2IN2S/c1-2-5-10-13(17)14(16)19-12(18-10)8-20-11-7-4-3-6-9(11)15/h3-4,6-7H,2,5,8H2,1H3. The lowest BCUT2D eigenvalue weighted by Gasteiger charge is -2.08. The Labute approximate surface area is 146 Å². The highest BCUT2D eigenvalue weighted by atomic mass is 127. The van der Waals surface area contributed by atoms with Crippen LogP contribution < -0.4 is 0 Å². The third kappa shape index (κ3) is 4.23. The van der Waals surface area contributed by atoms with Crippen LogP contribution in [0.3, 0.4) is 0 Å². The lowest BCUT2D eigenvalue weighted by Crippen LogP contribution is -2.02. The van der Waals surface area contributed by atoms with Gasteiger partial charge in [0.2, 0.25) is 0 Å². The van der Waals surface area contributed by atoms with Crippen molar-refractivity contribution in [3.63, 3.8) is 0 Å². The van der Waals surface area contributed by atoms with E-state index in [2.05, 4.69) is 39.5 Å². The quantitative estimate of drug-likeness (QED) is 0.343. The predicted molar refractivity (Wildman–Crippen MR) is 94.8 cm³/mol. The summed E-state index contributed by atoms with van der Waals surface area (Å²) in [6.45, 7) is 2.13. The first-order valence-corrected chi connectivity index (χ1v) is 9.02. The minimum absolute atomic E-state index is 0.541. The summed E-state index contributed by atoms with van der Waals surface area (Å²) in [5.74, 6) is 1.42. The molecule has 0 aliphatic heterocycles. The van der Waals surface area contributed by atoms with Crippen LogP contribution in [-0.2, 0) is 12.2 Å². The molecule has 2 aromatic rings. The first-order valence-electron chi connectivity index (χ1n) is 6.20. The van der Waals surface area contributed by atoms with Crippen LogP contribution in [0.4, 0.5) is 0 Å². The van der Waals surface area contributed by atoms with Gasteiger partial charge in [0.1, 0.15) is 11.0 Å². The number of rotatable bonds is 5. The zero-order chi connectivity index (χ0) is 14.5. The van der Waals surface area contributed by atoms with Crippen molar-refractivity contribution < 1.29 is 0 Å². The van der Waals surface area contributed by atoms with Crippen LogP contribution >= 0.6 is 57.6 Å². The van der Waals surface area contributed by atoms with E-state index >= 15 is 0 Å². The van der Waals surface area contributed by atoms with Crippen molar-refractivity contribution >= 4 is 57.6 Å². The van der Waals surface area contributed by atoms with Crippen LogP contribution in [0.15, 0.2) is 29.2 Å². The van der Waals surface area contributed by atoms with Gasteiger partial charge in [0.25, 0.3) is 0 Å². The highest BCUT2D eigenvalue weighted by molar-refractivity contribution is 14.1. The second-order valence-corrected chi connectivity index (χ2v) is 7.02. The van der Waals surface area contributed by atoms with Crippen LogP contribution in [0.1, 0.15) is 24.9 Å². The molecule has 106 valence electrons. The van der Waals surface area contributed by atoms with Gasteiger partial charge in [-0.1, -0.05) is 48.7 Å². The van der Waals surface area contributed by atoms with E-state index in [1.165, 1.54) is 0 Å². The molecule has 0 saturated heterocycles. The summed E-state index contributed by atoms with van der Waals surface area (Å²) in [5.41, 5.74) is 1.03. The van der Waals surface area contributed by atoms with E-state index in [1.54, 1.807) is 11.8 Å². The molecule has 0 saturated carbocycles. The Morgan fingerprint density at radius 3 is 2.65 bits per heavy atom. The molecule has 0 aliphatic rings. The number of hydrogen-bond acceptors (Lipinski definition) is 3. The van der Waals surface area contributed by atoms with Crippen LogP contribution in [0, 0.1) is 3.57 Å². The van der Waals surface area contributed by atoms with Gasteiger partial charge in [0, 0.05) is 4.90 Å². The van der Waals surface area contributed by atoms with E-state index in [1.807, 2.05) is 24.3 Å².